The molecule has 1 aliphatic heterocycles. The number of nitrogens with zero attached hydrogens (tertiary/aromatic N) is 3. The zero-order valence-electron chi connectivity index (χ0n) is 15.3. The SMILES string of the molecule is COC(=O)/C=C/c1ccc2nc(N)nc(C(=O)N3Cc4ccccc4C3)c2c1. The molecule has 0 aliphatic carbocycles. The number of amides is 1. The van der Waals surface area contributed by atoms with Gasteiger partial charge < -0.3 is 15.4 Å². The van der Waals surface area contributed by atoms with E-state index in [0.717, 1.165) is 16.7 Å². The lowest BCUT2D eigenvalue weighted by atomic mass is 10.1. The molecule has 0 saturated heterocycles. The molecule has 7 nitrogen and oxygen atoms in total. The molecule has 0 radical (unpaired) electrons. The van der Waals surface area contributed by atoms with E-state index in [4.69, 9.17) is 5.73 Å². The van der Waals surface area contributed by atoms with Crippen molar-refractivity contribution in [3.05, 3.63) is 70.9 Å². The second kappa shape index (κ2) is 7.11. The molecule has 3 aromatic rings. The molecule has 4 rings (SSSR count). The number of methoxy groups -OCH3 is 1. The van der Waals surface area contributed by atoms with Gasteiger partial charge in [-0.2, -0.15) is 0 Å². The molecule has 140 valence electrons. The first-order valence-corrected chi connectivity index (χ1v) is 8.74. The molecule has 2 heterocycles. The van der Waals surface area contributed by atoms with Crippen LogP contribution in [-0.4, -0.2) is 33.9 Å². The van der Waals surface area contributed by atoms with Gasteiger partial charge in [-0.25, -0.2) is 14.8 Å². The zero-order valence-corrected chi connectivity index (χ0v) is 15.3. The second-order valence-electron chi connectivity index (χ2n) is 6.49. The summed E-state index contributed by atoms with van der Waals surface area (Å²) < 4.78 is 4.61. The fourth-order valence-corrected chi connectivity index (χ4v) is 3.29. The monoisotopic (exact) mass is 374 g/mol. The Morgan fingerprint density at radius 2 is 1.82 bits per heavy atom. The molecule has 1 amide bonds. The van der Waals surface area contributed by atoms with Crippen LogP contribution < -0.4 is 5.73 Å². The molecular weight excluding hydrogens is 356 g/mol. The Morgan fingerprint density at radius 1 is 1.11 bits per heavy atom. The van der Waals surface area contributed by atoms with Crippen molar-refractivity contribution in [1.82, 2.24) is 14.9 Å². The van der Waals surface area contributed by atoms with Crippen LogP contribution in [0.2, 0.25) is 0 Å². The molecule has 1 aliphatic rings. The van der Waals surface area contributed by atoms with Crippen LogP contribution in [0.4, 0.5) is 5.95 Å². The largest absolute Gasteiger partial charge is 0.466 e. The summed E-state index contributed by atoms with van der Waals surface area (Å²) in [6.07, 6.45) is 2.93. The van der Waals surface area contributed by atoms with E-state index in [1.807, 2.05) is 24.3 Å². The van der Waals surface area contributed by atoms with E-state index in [1.165, 1.54) is 13.2 Å². The summed E-state index contributed by atoms with van der Waals surface area (Å²) in [5.74, 6) is -0.616. The highest BCUT2D eigenvalue weighted by Gasteiger charge is 2.26. The van der Waals surface area contributed by atoms with Crippen LogP contribution in [0.1, 0.15) is 27.2 Å². The molecule has 0 spiro atoms. The molecule has 2 aromatic carbocycles. The Morgan fingerprint density at radius 3 is 2.50 bits per heavy atom. The van der Waals surface area contributed by atoms with Crippen molar-refractivity contribution >= 4 is 34.8 Å². The van der Waals surface area contributed by atoms with Gasteiger partial charge in [0, 0.05) is 24.6 Å². The first-order chi connectivity index (χ1) is 13.5. The number of benzene rings is 2. The molecule has 7 heteroatoms. The number of aromatic nitrogens is 2. The van der Waals surface area contributed by atoms with Gasteiger partial charge in [-0.15, -0.1) is 0 Å². The number of anilines is 1. The van der Waals surface area contributed by atoms with Gasteiger partial charge in [-0.1, -0.05) is 30.3 Å². The third-order valence-corrected chi connectivity index (χ3v) is 4.68. The lowest BCUT2D eigenvalue weighted by Crippen LogP contribution is -2.27. The number of fused-ring (bicyclic) bond motifs is 2. The predicted molar refractivity (Wildman–Crippen MR) is 105 cm³/mol. The average Bonchev–Trinajstić information content (AvgIpc) is 3.15. The van der Waals surface area contributed by atoms with Crippen LogP contribution in [0, 0.1) is 0 Å². The van der Waals surface area contributed by atoms with Crippen LogP contribution in [0.25, 0.3) is 17.0 Å². The van der Waals surface area contributed by atoms with E-state index in [1.54, 1.807) is 29.2 Å². The minimum absolute atomic E-state index is 0.0467. The number of carbonyl (C=O) groups is 2. The number of ether oxygens (including phenoxy) is 1. The summed E-state index contributed by atoms with van der Waals surface area (Å²) in [7, 11) is 1.31. The van der Waals surface area contributed by atoms with Crippen LogP contribution in [0.15, 0.2) is 48.5 Å². The maximum Gasteiger partial charge on any atom is 0.330 e. The van der Waals surface area contributed by atoms with Crippen molar-refractivity contribution < 1.29 is 14.3 Å². The molecular formula is C21H18N4O3. The van der Waals surface area contributed by atoms with E-state index >= 15 is 0 Å². The number of carbonyl (C=O) groups excluding carboxylic acids is 2. The van der Waals surface area contributed by atoms with Gasteiger partial charge in [0.25, 0.3) is 5.91 Å². The van der Waals surface area contributed by atoms with Gasteiger partial charge in [-0.05, 0) is 34.9 Å². The maximum atomic E-state index is 13.2. The van der Waals surface area contributed by atoms with Crippen molar-refractivity contribution in [2.45, 2.75) is 13.1 Å². The fourth-order valence-electron chi connectivity index (χ4n) is 3.29. The molecule has 1 aromatic heterocycles. The van der Waals surface area contributed by atoms with Gasteiger partial charge in [0.2, 0.25) is 5.95 Å². The highest BCUT2D eigenvalue weighted by Crippen LogP contribution is 2.26. The number of nitrogens with two attached hydrogens (primary N) is 1. The molecule has 28 heavy (non-hydrogen) atoms. The number of esters is 1. The minimum atomic E-state index is -0.459. The number of hydrogen-bond acceptors (Lipinski definition) is 6. The standard InChI is InChI=1S/C21H18N4O3/c1-28-18(26)9-7-13-6-8-17-16(10-13)19(24-21(22)23-17)20(27)25-11-14-4-2-3-5-15(14)12-25/h2-10H,11-12H2,1H3,(H2,22,23,24)/b9-7+. The minimum Gasteiger partial charge on any atom is -0.466 e. The number of rotatable bonds is 3. The van der Waals surface area contributed by atoms with Gasteiger partial charge in [0.1, 0.15) is 5.69 Å². The Kier molecular flexibility index (Phi) is 4.49. The van der Waals surface area contributed by atoms with Crippen LogP contribution in [0.5, 0.6) is 0 Å². The van der Waals surface area contributed by atoms with Crippen LogP contribution in [-0.2, 0) is 22.6 Å². The Hall–Kier alpha value is -3.74. The van der Waals surface area contributed by atoms with Crippen molar-refractivity contribution in [2.75, 3.05) is 12.8 Å². The Balaban J connectivity index is 1.72. The Labute approximate surface area is 161 Å². The lowest BCUT2D eigenvalue weighted by molar-refractivity contribution is -0.134. The smallest absolute Gasteiger partial charge is 0.330 e. The zero-order chi connectivity index (χ0) is 19.7. The van der Waals surface area contributed by atoms with E-state index in [0.29, 0.717) is 24.0 Å². The van der Waals surface area contributed by atoms with Crippen molar-refractivity contribution in [3.63, 3.8) is 0 Å². The first-order valence-electron chi connectivity index (χ1n) is 8.74. The highest BCUT2D eigenvalue weighted by atomic mass is 16.5. The second-order valence-corrected chi connectivity index (χ2v) is 6.49. The quantitative estimate of drug-likeness (QED) is 0.559. The Bertz CT molecular complexity index is 1100. The third-order valence-electron chi connectivity index (χ3n) is 4.68. The van der Waals surface area contributed by atoms with Crippen molar-refractivity contribution in [1.29, 1.82) is 0 Å². The lowest BCUT2D eigenvalue weighted by Gasteiger charge is -2.16. The van der Waals surface area contributed by atoms with Crippen molar-refractivity contribution in [2.24, 2.45) is 0 Å². The molecule has 0 unspecified atom stereocenters. The summed E-state index contributed by atoms with van der Waals surface area (Å²) in [4.78, 5) is 34.7. The average molecular weight is 374 g/mol. The summed E-state index contributed by atoms with van der Waals surface area (Å²) in [5, 5.41) is 0.585. The first kappa shape index (κ1) is 17.7. The molecule has 0 fully saturated rings. The van der Waals surface area contributed by atoms with Crippen LogP contribution >= 0.6 is 0 Å². The summed E-state index contributed by atoms with van der Waals surface area (Å²) in [5.41, 5.74) is 9.64. The van der Waals surface area contributed by atoms with E-state index in [9.17, 15) is 9.59 Å². The summed E-state index contributed by atoms with van der Waals surface area (Å²) in [6.45, 7) is 1.06. The van der Waals surface area contributed by atoms with E-state index in [-0.39, 0.29) is 17.5 Å². The number of hydrogen-bond donors (Lipinski definition) is 1. The predicted octanol–water partition coefficient (Wildman–Crippen LogP) is 2.55. The topological polar surface area (TPSA) is 98.4 Å². The molecule has 0 bridgehead atoms. The molecule has 0 atom stereocenters. The van der Waals surface area contributed by atoms with Crippen molar-refractivity contribution in [3.8, 4) is 0 Å². The third kappa shape index (κ3) is 3.29. The summed E-state index contributed by atoms with van der Waals surface area (Å²) >= 11 is 0. The van der Waals surface area contributed by atoms with E-state index in [2.05, 4.69) is 14.7 Å². The molecule has 0 saturated carbocycles. The van der Waals surface area contributed by atoms with Gasteiger partial charge in [-0.3, -0.25) is 4.79 Å². The van der Waals surface area contributed by atoms with Gasteiger partial charge in [0.15, 0.2) is 0 Å². The fraction of sp³-hybridized carbons (Fsp3) is 0.143. The van der Waals surface area contributed by atoms with Crippen LogP contribution in [0.3, 0.4) is 0 Å². The number of nitrogen functional groups attached to an aromatic ring is 1. The maximum absolute atomic E-state index is 13.2. The van der Waals surface area contributed by atoms with E-state index < -0.39 is 5.97 Å². The highest BCUT2D eigenvalue weighted by molar-refractivity contribution is 6.05. The van der Waals surface area contributed by atoms with Gasteiger partial charge >= 0.3 is 5.97 Å². The normalized spacial score (nSPS) is 13.1. The van der Waals surface area contributed by atoms with Gasteiger partial charge in [0.05, 0.1) is 12.6 Å². The summed E-state index contributed by atoms with van der Waals surface area (Å²) in [6, 6.07) is 13.3. The molecule has 2 N–H and O–H groups in total.